The fourth-order valence-corrected chi connectivity index (χ4v) is 6.78. The Balaban J connectivity index is 1.20. The number of allylic oxidation sites excluding steroid dienone is 1. The van der Waals surface area contributed by atoms with Crippen molar-refractivity contribution in [3.8, 4) is 11.5 Å². The van der Waals surface area contributed by atoms with Crippen molar-refractivity contribution >= 4 is 5.97 Å². The van der Waals surface area contributed by atoms with Crippen LogP contribution in [0, 0.1) is 35.5 Å². The molecule has 3 nitrogen and oxygen atoms in total. The molecule has 182 valence electrons. The standard InChI is InChI=1S/C28H38F2O3/c1-2-3-4-19-5-6-24-18-23(12-11-22(24)17-19)20-7-9-21(10-8-20)27(31)32-25-13-15-26(16-14-25)33-28(29)30/h2,13-16,19-24,28H,1,3-12,17-18H2. The topological polar surface area (TPSA) is 35.5 Å². The predicted octanol–water partition coefficient (Wildman–Crippen LogP) is 7.80. The summed E-state index contributed by atoms with van der Waals surface area (Å²) in [5, 5.41) is 0. The van der Waals surface area contributed by atoms with E-state index in [1.165, 1.54) is 69.2 Å². The number of hydrogen-bond acceptors (Lipinski definition) is 3. The zero-order valence-electron chi connectivity index (χ0n) is 19.6. The summed E-state index contributed by atoms with van der Waals surface area (Å²) >= 11 is 0. The van der Waals surface area contributed by atoms with Crippen LogP contribution in [0.2, 0.25) is 0 Å². The van der Waals surface area contributed by atoms with Crippen molar-refractivity contribution in [1.82, 2.24) is 0 Å². The lowest BCUT2D eigenvalue weighted by molar-refractivity contribution is -0.140. The second kappa shape index (κ2) is 11.5. The van der Waals surface area contributed by atoms with Crippen LogP contribution in [0.25, 0.3) is 0 Å². The zero-order chi connectivity index (χ0) is 23.2. The lowest BCUT2D eigenvalue weighted by Crippen LogP contribution is -2.35. The Kier molecular flexibility index (Phi) is 8.43. The maximum absolute atomic E-state index is 12.6. The van der Waals surface area contributed by atoms with Gasteiger partial charge in [0.25, 0.3) is 0 Å². The fourth-order valence-electron chi connectivity index (χ4n) is 6.78. The fraction of sp³-hybridized carbons (Fsp3) is 0.679. The van der Waals surface area contributed by atoms with Crippen LogP contribution in [0.5, 0.6) is 11.5 Å². The highest BCUT2D eigenvalue weighted by Gasteiger charge is 2.39. The quantitative estimate of drug-likeness (QED) is 0.226. The molecule has 33 heavy (non-hydrogen) atoms. The van der Waals surface area contributed by atoms with E-state index in [9.17, 15) is 13.6 Å². The summed E-state index contributed by atoms with van der Waals surface area (Å²) in [7, 11) is 0. The Bertz CT molecular complexity index is 770. The first kappa shape index (κ1) is 24.2. The van der Waals surface area contributed by atoms with E-state index in [1.807, 2.05) is 0 Å². The van der Waals surface area contributed by atoms with Crippen LogP contribution in [-0.2, 0) is 4.79 Å². The van der Waals surface area contributed by atoms with Gasteiger partial charge < -0.3 is 9.47 Å². The summed E-state index contributed by atoms with van der Waals surface area (Å²) in [4.78, 5) is 12.6. The van der Waals surface area contributed by atoms with Gasteiger partial charge in [0.05, 0.1) is 5.92 Å². The highest BCUT2D eigenvalue weighted by Crippen LogP contribution is 2.49. The number of carbonyl (C=O) groups excluding carboxylic acids is 1. The van der Waals surface area contributed by atoms with Gasteiger partial charge in [0.15, 0.2) is 0 Å². The molecule has 1 aromatic carbocycles. The molecule has 3 aliphatic carbocycles. The van der Waals surface area contributed by atoms with Gasteiger partial charge in [-0.25, -0.2) is 0 Å². The number of esters is 1. The Morgan fingerprint density at radius 1 is 0.879 bits per heavy atom. The number of rotatable bonds is 8. The van der Waals surface area contributed by atoms with E-state index in [4.69, 9.17) is 4.74 Å². The molecule has 0 heterocycles. The number of benzene rings is 1. The van der Waals surface area contributed by atoms with Crippen molar-refractivity contribution < 1.29 is 23.0 Å². The van der Waals surface area contributed by atoms with E-state index < -0.39 is 6.61 Å². The number of hydrogen-bond donors (Lipinski definition) is 0. The van der Waals surface area contributed by atoms with Gasteiger partial charge in [0.1, 0.15) is 11.5 Å². The van der Waals surface area contributed by atoms with Gasteiger partial charge in [-0.15, -0.1) is 6.58 Å². The molecule has 4 unspecified atom stereocenters. The van der Waals surface area contributed by atoms with Gasteiger partial charge in [-0.1, -0.05) is 12.5 Å². The highest BCUT2D eigenvalue weighted by molar-refractivity contribution is 5.75. The van der Waals surface area contributed by atoms with E-state index in [1.54, 1.807) is 0 Å². The minimum Gasteiger partial charge on any atom is -0.435 e. The van der Waals surface area contributed by atoms with Crippen molar-refractivity contribution in [3.05, 3.63) is 36.9 Å². The van der Waals surface area contributed by atoms with Gasteiger partial charge in [-0.2, -0.15) is 8.78 Å². The number of halogens is 2. The minimum absolute atomic E-state index is 0.0603. The average Bonchev–Trinajstić information content (AvgIpc) is 2.83. The summed E-state index contributed by atoms with van der Waals surface area (Å²) < 4.78 is 34.4. The molecule has 0 spiro atoms. The summed E-state index contributed by atoms with van der Waals surface area (Å²) in [6, 6.07) is 5.81. The maximum Gasteiger partial charge on any atom is 0.387 e. The molecule has 0 amide bonds. The van der Waals surface area contributed by atoms with E-state index in [0.717, 1.165) is 61.7 Å². The summed E-state index contributed by atoms with van der Waals surface area (Å²) in [5.41, 5.74) is 0. The summed E-state index contributed by atoms with van der Waals surface area (Å²) in [6.07, 6.45) is 17.0. The normalized spacial score (nSPS) is 32.1. The average molecular weight is 461 g/mol. The largest absolute Gasteiger partial charge is 0.435 e. The Hall–Kier alpha value is -1.91. The number of carbonyl (C=O) groups is 1. The Morgan fingerprint density at radius 2 is 1.45 bits per heavy atom. The predicted molar refractivity (Wildman–Crippen MR) is 125 cm³/mol. The molecule has 3 saturated carbocycles. The first-order valence-corrected chi connectivity index (χ1v) is 12.9. The smallest absolute Gasteiger partial charge is 0.387 e. The van der Waals surface area contributed by atoms with Crippen molar-refractivity contribution in [1.29, 1.82) is 0 Å². The lowest BCUT2D eigenvalue weighted by Gasteiger charge is -2.45. The van der Waals surface area contributed by atoms with Gasteiger partial charge in [-0.05, 0) is 124 Å². The molecule has 3 fully saturated rings. The summed E-state index contributed by atoms with van der Waals surface area (Å²) in [6.45, 7) is 1.02. The number of alkyl halides is 2. The second-order valence-electron chi connectivity index (χ2n) is 10.5. The van der Waals surface area contributed by atoms with Gasteiger partial charge in [0.2, 0.25) is 0 Å². The van der Waals surface area contributed by atoms with Gasteiger partial charge in [-0.3, -0.25) is 4.79 Å². The molecule has 5 heteroatoms. The van der Waals surface area contributed by atoms with Crippen molar-refractivity contribution in [3.63, 3.8) is 0 Å². The third-order valence-electron chi connectivity index (χ3n) is 8.58. The van der Waals surface area contributed by atoms with Gasteiger partial charge >= 0.3 is 12.6 Å². The third kappa shape index (κ3) is 6.58. The highest BCUT2D eigenvalue weighted by atomic mass is 19.3. The molecule has 0 aliphatic heterocycles. The Morgan fingerprint density at radius 3 is 2.12 bits per heavy atom. The second-order valence-corrected chi connectivity index (χ2v) is 10.5. The van der Waals surface area contributed by atoms with Gasteiger partial charge in [0, 0.05) is 0 Å². The molecule has 0 bridgehead atoms. The molecule has 4 rings (SSSR count). The van der Waals surface area contributed by atoms with Crippen LogP contribution in [0.15, 0.2) is 36.9 Å². The summed E-state index contributed by atoms with van der Waals surface area (Å²) in [5.74, 6) is 4.53. The first-order chi connectivity index (χ1) is 16.0. The van der Waals surface area contributed by atoms with Crippen LogP contribution >= 0.6 is 0 Å². The van der Waals surface area contributed by atoms with E-state index >= 15 is 0 Å². The molecular weight excluding hydrogens is 422 g/mol. The Labute approximate surface area is 196 Å². The molecule has 0 aromatic heterocycles. The van der Waals surface area contributed by atoms with E-state index in [2.05, 4.69) is 17.4 Å². The molecule has 0 saturated heterocycles. The molecule has 1 aromatic rings. The maximum atomic E-state index is 12.6. The monoisotopic (exact) mass is 460 g/mol. The molecule has 3 aliphatic rings. The lowest BCUT2D eigenvalue weighted by atomic mass is 9.60. The molecule has 4 atom stereocenters. The van der Waals surface area contributed by atoms with Crippen molar-refractivity contribution in [2.45, 2.75) is 83.7 Å². The molecular formula is C28H38F2O3. The van der Waals surface area contributed by atoms with Crippen LogP contribution in [-0.4, -0.2) is 12.6 Å². The zero-order valence-corrected chi connectivity index (χ0v) is 19.6. The van der Waals surface area contributed by atoms with Crippen LogP contribution < -0.4 is 9.47 Å². The molecule has 0 radical (unpaired) electrons. The third-order valence-corrected chi connectivity index (χ3v) is 8.58. The first-order valence-electron chi connectivity index (χ1n) is 12.9. The van der Waals surface area contributed by atoms with Crippen LogP contribution in [0.1, 0.15) is 77.0 Å². The minimum atomic E-state index is -2.86. The van der Waals surface area contributed by atoms with Crippen molar-refractivity contribution in [2.24, 2.45) is 35.5 Å². The van der Waals surface area contributed by atoms with Crippen LogP contribution in [0.3, 0.4) is 0 Å². The van der Waals surface area contributed by atoms with E-state index in [-0.39, 0.29) is 17.6 Å². The number of fused-ring (bicyclic) bond motifs is 1. The number of ether oxygens (including phenoxy) is 2. The van der Waals surface area contributed by atoms with Crippen molar-refractivity contribution in [2.75, 3.05) is 0 Å². The SMILES string of the molecule is C=CCCC1CCC2CC(C3CCC(C(=O)Oc4ccc(OC(F)F)cc4)CC3)CCC2C1. The van der Waals surface area contributed by atoms with E-state index in [0.29, 0.717) is 5.75 Å². The van der Waals surface area contributed by atoms with Crippen LogP contribution in [0.4, 0.5) is 8.78 Å². The molecule has 0 N–H and O–H groups in total.